The summed E-state index contributed by atoms with van der Waals surface area (Å²) in [5, 5.41) is 3.43. The largest absolute Gasteiger partial charge is 0.497 e. The molecule has 148 valence electrons. The molecule has 0 unspecified atom stereocenters. The molecule has 0 aromatic heterocycles. The van der Waals surface area contributed by atoms with Gasteiger partial charge in [0, 0.05) is 33.7 Å². The highest BCUT2D eigenvalue weighted by Gasteiger charge is 2.07. The summed E-state index contributed by atoms with van der Waals surface area (Å²) in [5.74, 6) is 1.75. The normalized spacial score (nSPS) is 11.1. The van der Waals surface area contributed by atoms with Crippen molar-refractivity contribution >= 4 is 29.9 Å². The molecule has 2 rings (SSSR count). The third kappa shape index (κ3) is 7.76. The molecule has 2 aromatic rings. The Morgan fingerprint density at radius 2 is 1.41 bits per heavy atom. The number of rotatable bonds is 7. The minimum Gasteiger partial charge on any atom is -0.497 e. The van der Waals surface area contributed by atoms with Crippen molar-refractivity contribution < 1.29 is 4.74 Å². The summed E-state index contributed by atoms with van der Waals surface area (Å²) in [6.45, 7) is 2.49. The van der Waals surface area contributed by atoms with Gasteiger partial charge in [-0.25, -0.2) is 0 Å². The number of nitrogens with one attached hydrogen (secondary N) is 1. The summed E-state index contributed by atoms with van der Waals surface area (Å²) < 4.78 is 5.21. The number of methoxy groups -OCH3 is 1. The van der Waals surface area contributed by atoms with Crippen LogP contribution in [-0.4, -0.2) is 51.1 Å². The van der Waals surface area contributed by atoms with Crippen molar-refractivity contribution in [2.45, 2.75) is 19.6 Å². The minimum atomic E-state index is 0. The first kappa shape index (κ1) is 23.2. The molecule has 6 heteroatoms. The number of ether oxygens (including phenoxy) is 1. The van der Waals surface area contributed by atoms with Crippen LogP contribution in [0.15, 0.2) is 53.5 Å². The summed E-state index contributed by atoms with van der Waals surface area (Å²) in [7, 11) is 9.70. The molecular formula is C21H31IN4O. The third-order valence-electron chi connectivity index (χ3n) is 4.12. The van der Waals surface area contributed by atoms with Gasteiger partial charge in [-0.3, -0.25) is 4.99 Å². The summed E-state index contributed by atoms with van der Waals surface area (Å²) in [5.41, 5.74) is 3.77. The van der Waals surface area contributed by atoms with Gasteiger partial charge in [0.05, 0.1) is 7.11 Å². The van der Waals surface area contributed by atoms with Gasteiger partial charge in [-0.1, -0.05) is 36.4 Å². The van der Waals surface area contributed by atoms with Crippen LogP contribution in [0.3, 0.4) is 0 Å². The second kappa shape index (κ2) is 11.8. The predicted octanol–water partition coefficient (Wildman–Crippen LogP) is 3.58. The van der Waals surface area contributed by atoms with E-state index in [4.69, 9.17) is 4.74 Å². The highest BCUT2D eigenvalue weighted by molar-refractivity contribution is 14.0. The Hall–Kier alpha value is -1.80. The lowest BCUT2D eigenvalue weighted by atomic mass is 10.1. The quantitative estimate of drug-likeness (QED) is 0.372. The molecular weight excluding hydrogens is 451 g/mol. The Labute approximate surface area is 180 Å². The van der Waals surface area contributed by atoms with Crippen molar-refractivity contribution in [3.63, 3.8) is 0 Å². The summed E-state index contributed by atoms with van der Waals surface area (Å²) in [6.07, 6.45) is 0. The highest BCUT2D eigenvalue weighted by Crippen LogP contribution is 2.12. The summed E-state index contributed by atoms with van der Waals surface area (Å²) in [4.78, 5) is 8.67. The Kier molecular flexibility index (Phi) is 10.2. The number of guanidine groups is 1. The molecule has 0 amide bonds. The molecule has 2 aromatic carbocycles. The lowest BCUT2D eigenvalue weighted by molar-refractivity contribution is 0.402. The average Bonchev–Trinajstić information content (AvgIpc) is 2.63. The number of hydrogen-bond donors (Lipinski definition) is 1. The zero-order chi connectivity index (χ0) is 18.9. The van der Waals surface area contributed by atoms with Crippen LogP contribution in [0.25, 0.3) is 0 Å². The fourth-order valence-corrected chi connectivity index (χ4v) is 2.77. The lowest BCUT2D eigenvalue weighted by Gasteiger charge is -2.22. The number of hydrogen-bond acceptors (Lipinski definition) is 3. The van der Waals surface area contributed by atoms with Crippen LogP contribution in [0.4, 0.5) is 0 Å². The molecule has 0 aliphatic heterocycles. The van der Waals surface area contributed by atoms with E-state index in [0.29, 0.717) is 0 Å². The number of halogens is 1. The maximum absolute atomic E-state index is 5.21. The maximum Gasteiger partial charge on any atom is 0.193 e. The molecule has 0 aliphatic carbocycles. The summed E-state index contributed by atoms with van der Waals surface area (Å²) in [6, 6.07) is 16.8. The maximum atomic E-state index is 5.21. The van der Waals surface area contributed by atoms with Gasteiger partial charge < -0.3 is 19.9 Å². The Bertz CT molecular complexity index is 699. The number of benzene rings is 2. The standard InChI is InChI=1S/C21H30N4O.HI/c1-22-21(25(4)16-19-10-12-20(26-5)13-11-19)23-14-17-6-8-18(9-7-17)15-24(2)3;/h6-13H,14-16H2,1-5H3,(H,22,23);1H. The first-order valence-electron chi connectivity index (χ1n) is 8.79. The molecule has 0 atom stereocenters. The molecule has 0 radical (unpaired) electrons. The van der Waals surface area contributed by atoms with Crippen LogP contribution in [0.5, 0.6) is 5.75 Å². The van der Waals surface area contributed by atoms with Crippen molar-refractivity contribution in [2.75, 3.05) is 35.3 Å². The summed E-state index contributed by atoms with van der Waals surface area (Å²) >= 11 is 0. The predicted molar refractivity (Wildman–Crippen MR) is 124 cm³/mol. The molecule has 0 heterocycles. The Balaban J connectivity index is 0.00000364. The first-order valence-corrected chi connectivity index (χ1v) is 8.79. The second-order valence-electron chi connectivity index (χ2n) is 6.66. The second-order valence-corrected chi connectivity index (χ2v) is 6.66. The first-order chi connectivity index (χ1) is 12.5. The zero-order valence-electron chi connectivity index (χ0n) is 16.9. The van der Waals surface area contributed by atoms with E-state index >= 15 is 0 Å². The third-order valence-corrected chi connectivity index (χ3v) is 4.12. The smallest absolute Gasteiger partial charge is 0.193 e. The van der Waals surface area contributed by atoms with Crippen molar-refractivity contribution in [1.82, 2.24) is 15.1 Å². The van der Waals surface area contributed by atoms with E-state index in [0.717, 1.165) is 31.3 Å². The van der Waals surface area contributed by atoms with E-state index in [1.54, 1.807) is 7.11 Å². The number of nitrogens with zero attached hydrogens (tertiary/aromatic N) is 3. The van der Waals surface area contributed by atoms with E-state index < -0.39 is 0 Å². The van der Waals surface area contributed by atoms with Crippen molar-refractivity contribution in [3.8, 4) is 5.75 Å². The molecule has 0 saturated heterocycles. The van der Waals surface area contributed by atoms with Crippen LogP contribution in [0, 0.1) is 0 Å². The van der Waals surface area contributed by atoms with Crippen LogP contribution in [0.1, 0.15) is 16.7 Å². The molecule has 0 spiro atoms. The lowest BCUT2D eigenvalue weighted by Crippen LogP contribution is -2.38. The van der Waals surface area contributed by atoms with Crippen LogP contribution < -0.4 is 10.1 Å². The molecule has 0 bridgehead atoms. The van der Waals surface area contributed by atoms with Gasteiger partial charge in [-0.15, -0.1) is 24.0 Å². The van der Waals surface area contributed by atoms with E-state index in [1.165, 1.54) is 16.7 Å². The molecule has 0 aliphatic rings. The van der Waals surface area contributed by atoms with Crippen LogP contribution in [-0.2, 0) is 19.6 Å². The number of aliphatic imine (C=N–C) groups is 1. The molecule has 0 fully saturated rings. The van der Waals surface area contributed by atoms with Gasteiger partial charge in [-0.05, 0) is 42.9 Å². The SMILES string of the molecule is CN=C(NCc1ccc(CN(C)C)cc1)N(C)Cc1ccc(OC)cc1.I. The molecule has 5 nitrogen and oxygen atoms in total. The Morgan fingerprint density at radius 3 is 1.93 bits per heavy atom. The fourth-order valence-electron chi connectivity index (χ4n) is 2.77. The van der Waals surface area contributed by atoms with E-state index in [1.807, 2.05) is 26.2 Å². The van der Waals surface area contributed by atoms with Gasteiger partial charge in [0.25, 0.3) is 0 Å². The van der Waals surface area contributed by atoms with Crippen molar-refractivity contribution in [3.05, 3.63) is 65.2 Å². The van der Waals surface area contributed by atoms with E-state index in [2.05, 4.69) is 70.6 Å². The molecule has 1 N–H and O–H groups in total. The van der Waals surface area contributed by atoms with Gasteiger partial charge in [0.15, 0.2) is 5.96 Å². The van der Waals surface area contributed by atoms with Gasteiger partial charge in [0.1, 0.15) is 5.75 Å². The minimum absolute atomic E-state index is 0. The highest BCUT2D eigenvalue weighted by atomic mass is 127. The topological polar surface area (TPSA) is 40.1 Å². The Morgan fingerprint density at radius 1 is 0.889 bits per heavy atom. The van der Waals surface area contributed by atoms with Crippen LogP contribution in [0.2, 0.25) is 0 Å². The monoisotopic (exact) mass is 482 g/mol. The zero-order valence-corrected chi connectivity index (χ0v) is 19.2. The average molecular weight is 482 g/mol. The fraction of sp³-hybridized carbons (Fsp3) is 0.381. The van der Waals surface area contributed by atoms with Crippen molar-refractivity contribution in [1.29, 1.82) is 0 Å². The van der Waals surface area contributed by atoms with E-state index in [-0.39, 0.29) is 24.0 Å². The van der Waals surface area contributed by atoms with Gasteiger partial charge in [0.2, 0.25) is 0 Å². The van der Waals surface area contributed by atoms with Gasteiger partial charge in [-0.2, -0.15) is 0 Å². The molecule has 0 saturated carbocycles. The van der Waals surface area contributed by atoms with Crippen LogP contribution >= 0.6 is 24.0 Å². The van der Waals surface area contributed by atoms with Crippen molar-refractivity contribution in [2.24, 2.45) is 4.99 Å². The van der Waals surface area contributed by atoms with Gasteiger partial charge >= 0.3 is 0 Å². The van der Waals surface area contributed by atoms with E-state index in [9.17, 15) is 0 Å². The molecule has 27 heavy (non-hydrogen) atoms.